The van der Waals surface area contributed by atoms with Gasteiger partial charge < -0.3 is 9.88 Å². The van der Waals surface area contributed by atoms with E-state index >= 15 is 0 Å². The van der Waals surface area contributed by atoms with E-state index < -0.39 is 0 Å². The van der Waals surface area contributed by atoms with Gasteiger partial charge in [0.15, 0.2) is 4.80 Å². The van der Waals surface area contributed by atoms with Gasteiger partial charge in [0.2, 0.25) is 0 Å². The quantitative estimate of drug-likeness (QED) is 0.717. The van der Waals surface area contributed by atoms with E-state index in [1.165, 1.54) is 11.3 Å². The maximum absolute atomic E-state index is 11.7. The molecule has 1 amide bonds. The highest BCUT2D eigenvalue weighted by molar-refractivity contribution is 7.07. The first-order valence-electron chi connectivity index (χ1n) is 4.67. The number of hydrogen-bond acceptors (Lipinski definition) is 3. The van der Waals surface area contributed by atoms with Gasteiger partial charge in [0.25, 0.3) is 5.91 Å². The Morgan fingerprint density at radius 2 is 2.64 bits per heavy atom. The van der Waals surface area contributed by atoms with E-state index in [9.17, 15) is 4.79 Å². The number of thiazole rings is 1. The Labute approximate surface area is 86.3 Å². The third kappa shape index (κ3) is 1.93. The fourth-order valence-corrected chi connectivity index (χ4v) is 2.22. The molecule has 1 aromatic heterocycles. The average Bonchev–Trinajstić information content (AvgIpc) is 2.77. The van der Waals surface area contributed by atoms with Crippen molar-refractivity contribution in [2.45, 2.75) is 6.42 Å². The van der Waals surface area contributed by atoms with Crippen molar-refractivity contribution < 1.29 is 4.79 Å². The van der Waals surface area contributed by atoms with Gasteiger partial charge >= 0.3 is 0 Å². The number of carbonyl (C=O) groups is 1. The zero-order chi connectivity index (χ0) is 9.97. The highest BCUT2D eigenvalue weighted by atomic mass is 32.1. The van der Waals surface area contributed by atoms with E-state index in [0.717, 1.165) is 24.3 Å². The van der Waals surface area contributed by atoms with Crippen LogP contribution in [0.15, 0.2) is 16.6 Å². The highest BCUT2D eigenvalue weighted by Crippen LogP contribution is 2.08. The maximum Gasteiger partial charge on any atom is 0.252 e. The molecular weight excluding hydrogens is 198 g/mol. The zero-order valence-electron chi connectivity index (χ0n) is 8.06. The topological polar surface area (TPSA) is 46.4 Å². The Bertz CT molecular complexity index is 387. The minimum Gasteiger partial charge on any atom is -0.327 e. The lowest BCUT2D eigenvalue weighted by molar-refractivity contribution is -0.121. The van der Waals surface area contributed by atoms with Crippen LogP contribution in [0, 0.1) is 5.92 Å². The fourth-order valence-electron chi connectivity index (χ4n) is 1.49. The predicted octanol–water partition coefficient (Wildman–Crippen LogP) is 0.123. The van der Waals surface area contributed by atoms with Gasteiger partial charge in [0.05, 0.1) is 5.92 Å². The van der Waals surface area contributed by atoms with Crippen LogP contribution in [0.4, 0.5) is 0 Å². The number of aryl methyl sites for hydroxylation is 1. The summed E-state index contributed by atoms with van der Waals surface area (Å²) < 4.78 is 1.87. The van der Waals surface area contributed by atoms with Crippen LogP contribution in [0.3, 0.4) is 0 Å². The van der Waals surface area contributed by atoms with Crippen molar-refractivity contribution in [3.8, 4) is 0 Å². The minimum atomic E-state index is 0.00745. The first-order chi connectivity index (χ1) is 6.77. The molecule has 1 N–H and O–H groups in total. The predicted molar refractivity (Wildman–Crippen MR) is 54.8 cm³/mol. The molecule has 1 aromatic rings. The lowest BCUT2D eigenvalue weighted by Gasteiger charge is -2.00. The van der Waals surface area contributed by atoms with E-state index in [0.29, 0.717) is 0 Å². The summed E-state index contributed by atoms with van der Waals surface area (Å²) in [5.41, 5.74) is 0. The second-order valence-corrected chi connectivity index (χ2v) is 4.31. The first-order valence-corrected chi connectivity index (χ1v) is 5.55. The fraction of sp³-hybridized carbons (Fsp3) is 0.556. The van der Waals surface area contributed by atoms with Crippen LogP contribution >= 0.6 is 11.3 Å². The molecule has 1 atom stereocenters. The van der Waals surface area contributed by atoms with E-state index in [-0.39, 0.29) is 11.8 Å². The van der Waals surface area contributed by atoms with Gasteiger partial charge in [-0.05, 0) is 13.0 Å². The molecule has 0 saturated carbocycles. The lowest BCUT2D eigenvalue weighted by atomic mass is 10.1. The molecule has 1 aliphatic rings. The van der Waals surface area contributed by atoms with Crippen LogP contribution in [-0.2, 0) is 11.8 Å². The summed E-state index contributed by atoms with van der Waals surface area (Å²) in [6.07, 6.45) is 2.82. The second-order valence-electron chi connectivity index (χ2n) is 3.44. The molecule has 2 rings (SSSR count). The van der Waals surface area contributed by atoms with Crippen molar-refractivity contribution >= 4 is 17.2 Å². The van der Waals surface area contributed by atoms with Crippen LogP contribution in [0.2, 0.25) is 0 Å². The van der Waals surface area contributed by atoms with Gasteiger partial charge in [-0.2, -0.15) is 4.99 Å². The molecule has 4 nitrogen and oxygen atoms in total. The van der Waals surface area contributed by atoms with Gasteiger partial charge in [-0.25, -0.2) is 0 Å². The maximum atomic E-state index is 11.7. The summed E-state index contributed by atoms with van der Waals surface area (Å²) in [5, 5.41) is 5.09. The van der Waals surface area contributed by atoms with Gasteiger partial charge in [-0.1, -0.05) is 0 Å². The van der Waals surface area contributed by atoms with Crippen molar-refractivity contribution in [3.05, 3.63) is 16.4 Å². The molecule has 0 spiro atoms. The number of carbonyl (C=O) groups excluding carboxylic acids is 1. The molecule has 1 aliphatic heterocycles. The number of hydrogen-bond donors (Lipinski definition) is 1. The van der Waals surface area contributed by atoms with Gasteiger partial charge in [0, 0.05) is 25.2 Å². The molecular formula is C9H13N3OS. The number of nitrogens with zero attached hydrogens (tertiary/aromatic N) is 2. The number of rotatable bonds is 1. The molecule has 14 heavy (non-hydrogen) atoms. The lowest BCUT2D eigenvalue weighted by Crippen LogP contribution is -2.20. The molecule has 1 fully saturated rings. The summed E-state index contributed by atoms with van der Waals surface area (Å²) >= 11 is 1.49. The highest BCUT2D eigenvalue weighted by Gasteiger charge is 2.21. The monoisotopic (exact) mass is 211 g/mol. The summed E-state index contributed by atoms with van der Waals surface area (Å²) in [5.74, 6) is 0.0881. The molecule has 76 valence electrons. The van der Waals surface area contributed by atoms with E-state index in [2.05, 4.69) is 10.3 Å². The molecule has 2 heterocycles. The summed E-state index contributed by atoms with van der Waals surface area (Å²) in [7, 11) is 1.90. The van der Waals surface area contributed by atoms with Crippen molar-refractivity contribution in [2.24, 2.45) is 18.0 Å². The van der Waals surface area contributed by atoms with Crippen molar-refractivity contribution in [2.75, 3.05) is 13.1 Å². The largest absolute Gasteiger partial charge is 0.327 e. The number of nitrogens with one attached hydrogen (secondary N) is 1. The molecule has 1 saturated heterocycles. The number of aromatic nitrogens is 1. The van der Waals surface area contributed by atoms with Crippen LogP contribution in [0.1, 0.15) is 6.42 Å². The zero-order valence-corrected chi connectivity index (χ0v) is 8.88. The Morgan fingerprint density at radius 1 is 1.79 bits per heavy atom. The normalized spacial score (nSPS) is 22.9. The van der Waals surface area contributed by atoms with Crippen LogP contribution in [0.5, 0.6) is 0 Å². The van der Waals surface area contributed by atoms with Gasteiger partial charge in [0.1, 0.15) is 0 Å². The standard InChI is InChI=1S/C9H13N3OS/c1-12-4-5-14-9(12)11-8(13)7-2-3-10-6-7/h4-5,7,10H,2-3,6H2,1H3/t7-/m0/s1. The van der Waals surface area contributed by atoms with Crippen LogP contribution < -0.4 is 10.1 Å². The Morgan fingerprint density at radius 3 is 3.21 bits per heavy atom. The first kappa shape index (κ1) is 9.61. The van der Waals surface area contributed by atoms with Gasteiger partial charge in [-0.15, -0.1) is 11.3 Å². The molecule has 0 unspecified atom stereocenters. The van der Waals surface area contributed by atoms with Crippen molar-refractivity contribution in [1.29, 1.82) is 0 Å². The Balaban J connectivity index is 2.17. The van der Waals surface area contributed by atoms with Crippen molar-refractivity contribution in [1.82, 2.24) is 9.88 Å². The van der Waals surface area contributed by atoms with E-state index in [4.69, 9.17) is 0 Å². The molecule has 0 radical (unpaired) electrons. The minimum absolute atomic E-state index is 0.00745. The SMILES string of the molecule is Cn1ccsc1=NC(=O)[C@H]1CCNC1. The van der Waals surface area contributed by atoms with Crippen LogP contribution in [-0.4, -0.2) is 23.6 Å². The molecule has 0 aromatic carbocycles. The van der Waals surface area contributed by atoms with E-state index in [1.54, 1.807) is 0 Å². The number of amides is 1. The molecule has 0 bridgehead atoms. The Hall–Kier alpha value is -0.940. The third-order valence-electron chi connectivity index (χ3n) is 2.38. The summed E-state index contributed by atoms with van der Waals surface area (Å²) in [6.45, 7) is 1.71. The van der Waals surface area contributed by atoms with Crippen molar-refractivity contribution in [3.63, 3.8) is 0 Å². The van der Waals surface area contributed by atoms with Gasteiger partial charge in [-0.3, -0.25) is 4.79 Å². The third-order valence-corrected chi connectivity index (χ3v) is 3.22. The molecule has 0 aliphatic carbocycles. The van der Waals surface area contributed by atoms with Crippen LogP contribution in [0.25, 0.3) is 0 Å². The Kier molecular flexibility index (Phi) is 2.79. The molecule has 5 heteroatoms. The summed E-state index contributed by atoms with van der Waals surface area (Å²) in [4.78, 5) is 16.5. The second kappa shape index (κ2) is 4.06. The summed E-state index contributed by atoms with van der Waals surface area (Å²) in [6, 6.07) is 0. The average molecular weight is 211 g/mol. The van der Waals surface area contributed by atoms with E-state index in [1.807, 2.05) is 23.2 Å². The smallest absolute Gasteiger partial charge is 0.252 e.